The van der Waals surface area contributed by atoms with Crippen molar-refractivity contribution in [1.29, 1.82) is 0 Å². The van der Waals surface area contributed by atoms with Crippen molar-refractivity contribution in [2.24, 2.45) is 0 Å². The van der Waals surface area contributed by atoms with Crippen molar-refractivity contribution >= 4 is 27.5 Å². The van der Waals surface area contributed by atoms with Crippen LogP contribution in [0.2, 0.25) is 5.02 Å². The van der Waals surface area contributed by atoms with E-state index < -0.39 is 11.7 Å². The van der Waals surface area contributed by atoms with Gasteiger partial charge in [0.05, 0.1) is 10.6 Å². The maximum Gasteiger partial charge on any atom is 0.417 e. The number of alkyl halides is 3. The minimum atomic E-state index is -4.47. The van der Waals surface area contributed by atoms with Crippen molar-refractivity contribution in [3.8, 4) is 5.82 Å². The van der Waals surface area contributed by atoms with Gasteiger partial charge in [-0.1, -0.05) is 11.6 Å². The van der Waals surface area contributed by atoms with Gasteiger partial charge >= 0.3 is 6.18 Å². The van der Waals surface area contributed by atoms with Gasteiger partial charge in [0.15, 0.2) is 5.82 Å². The zero-order valence-corrected chi connectivity index (χ0v) is 10.3. The molecule has 2 aromatic heterocycles. The Morgan fingerprint density at radius 3 is 2.47 bits per heavy atom. The van der Waals surface area contributed by atoms with Crippen LogP contribution in [0, 0.1) is 0 Å². The van der Waals surface area contributed by atoms with Crippen molar-refractivity contribution in [2.75, 3.05) is 0 Å². The highest BCUT2D eigenvalue weighted by molar-refractivity contribution is 9.10. The molecule has 0 aliphatic rings. The topological polar surface area (TPSA) is 43.6 Å². The molecule has 0 aromatic carbocycles. The summed E-state index contributed by atoms with van der Waals surface area (Å²) in [6.45, 7) is 0. The summed E-state index contributed by atoms with van der Waals surface area (Å²) in [7, 11) is 0. The zero-order chi connectivity index (χ0) is 12.6. The average Bonchev–Trinajstić information content (AvgIpc) is 2.63. The third-order valence-electron chi connectivity index (χ3n) is 1.83. The Bertz CT molecular complexity index is 554. The minimum Gasteiger partial charge on any atom is -0.235 e. The number of hydrogen-bond donors (Lipinski definition) is 0. The van der Waals surface area contributed by atoms with E-state index in [1.54, 1.807) is 0 Å². The normalized spacial score (nSPS) is 11.8. The van der Waals surface area contributed by atoms with E-state index in [1.807, 2.05) is 0 Å². The summed E-state index contributed by atoms with van der Waals surface area (Å²) < 4.78 is 38.6. The standard InChI is InChI=1S/C8H3BrClF3N4/c9-7-15-3-17(16-7)6-5(10)1-4(2-14-6)8(11,12)13/h1-3H. The van der Waals surface area contributed by atoms with Gasteiger partial charge in [0.2, 0.25) is 4.73 Å². The lowest BCUT2D eigenvalue weighted by molar-refractivity contribution is -0.137. The number of nitrogens with zero attached hydrogens (tertiary/aromatic N) is 4. The molecule has 2 rings (SSSR count). The summed E-state index contributed by atoms with van der Waals surface area (Å²) in [6, 6.07) is 0.791. The van der Waals surface area contributed by atoms with Crippen molar-refractivity contribution in [3.05, 3.63) is 33.9 Å². The summed E-state index contributed by atoms with van der Waals surface area (Å²) in [5, 5.41) is 3.67. The molecule has 0 radical (unpaired) electrons. The Balaban J connectivity index is 2.45. The Kier molecular flexibility index (Phi) is 3.09. The van der Waals surface area contributed by atoms with Crippen LogP contribution in [0.5, 0.6) is 0 Å². The molecule has 0 aliphatic heterocycles. The van der Waals surface area contributed by atoms with Gasteiger partial charge in [-0.2, -0.15) is 13.2 Å². The fourth-order valence-electron chi connectivity index (χ4n) is 1.10. The van der Waals surface area contributed by atoms with Gasteiger partial charge < -0.3 is 0 Å². The molecule has 0 atom stereocenters. The molecule has 0 unspecified atom stereocenters. The van der Waals surface area contributed by atoms with Crippen LogP contribution in [0.25, 0.3) is 5.82 Å². The van der Waals surface area contributed by atoms with Crippen LogP contribution in [-0.2, 0) is 6.18 Å². The fraction of sp³-hybridized carbons (Fsp3) is 0.125. The molecular formula is C8H3BrClF3N4. The molecule has 0 aliphatic carbocycles. The van der Waals surface area contributed by atoms with Gasteiger partial charge in [0.25, 0.3) is 0 Å². The molecule has 0 N–H and O–H groups in total. The molecule has 17 heavy (non-hydrogen) atoms. The summed E-state index contributed by atoms with van der Waals surface area (Å²) in [4.78, 5) is 7.37. The van der Waals surface area contributed by atoms with Crippen LogP contribution in [0.1, 0.15) is 5.56 Å². The summed E-state index contributed by atoms with van der Waals surface area (Å²) in [5.41, 5.74) is -0.912. The van der Waals surface area contributed by atoms with Crippen molar-refractivity contribution in [2.45, 2.75) is 6.18 Å². The quantitative estimate of drug-likeness (QED) is 0.808. The summed E-state index contributed by atoms with van der Waals surface area (Å²) in [6.07, 6.45) is -2.50. The van der Waals surface area contributed by atoms with Crippen LogP contribution < -0.4 is 0 Å². The Labute approximate surface area is 107 Å². The molecular weight excluding hydrogens is 324 g/mol. The predicted octanol–water partition coefficient (Wildman–Crippen LogP) is 3.10. The van der Waals surface area contributed by atoms with Crippen LogP contribution in [-0.4, -0.2) is 19.7 Å². The maximum absolute atomic E-state index is 12.4. The lowest BCUT2D eigenvalue weighted by atomic mass is 10.3. The van der Waals surface area contributed by atoms with E-state index in [4.69, 9.17) is 11.6 Å². The van der Waals surface area contributed by atoms with E-state index in [1.165, 1.54) is 11.0 Å². The van der Waals surface area contributed by atoms with Crippen molar-refractivity contribution < 1.29 is 13.2 Å². The van der Waals surface area contributed by atoms with Crippen LogP contribution in [0.4, 0.5) is 13.2 Å². The number of hydrogen-bond acceptors (Lipinski definition) is 3. The van der Waals surface area contributed by atoms with Crippen molar-refractivity contribution in [1.82, 2.24) is 19.7 Å². The van der Waals surface area contributed by atoms with Gasteiger partial charge in [-0.3, -0.25) is 0 Å². The van der Waals surface area contributed by atoms with Gasteiger partial charge in [-0.25, -0.2) is 14.6 Å². The monoisotopic (exact) mass is 326 g/mol. The number of rotatable bonds is 1. The number of halogens is 5. The second-order valence-corrected chi connectivity index (χ2v) is 4.10. The van der Waals surface area contributed by atoms with E-state index >= 15 is 0 Å². The lowest BCUT2D eigenvalue weighted by Gasteiger charge is -2.08. The molecule has 90 valence electrons. The largest absolute Gasteiger partial charge is 0.417 e. The zero-order valence-electron chi connectivity index (χ0n) is 7.91. The van der Waals surface area contributed by atoms with Crippen LogP contribution in [0.15, 0.2) is 23.3 Å². The smallest absolute Gasteiger partial charge is 0.235 e. The lowest BCUT2D eigenvalue weighted by Crippen LogP contribution is -2.07. The molecule has 9 heteroatoms. The highest BCUT2D eigenvalue weighted by Gasteiger charge is 2.31. The first-order chi connectivity index (χ1) is 7.88. The van der Waals surface area contributed by atoms with Gasteiger partial charge in [-0.05, 0) is 22.0 Å². The molecule has 2 heterocycles. The SMILES string of the molecule is FC(F)(F)c1cnc(-n2cnc(Br)n2)c(Cl)c1. The van der Waals surface area contributed by atoms with E-state index in [0.29, 0.717) is 6.20 Å². The van der Waals surface area contributed by atoms with Gasteiger partial charge in [0, 0.05) is 6.20 Å². The highest BCUT2D eigenvalue weighted by atomic mass is 79.9. The summed E-state index contributed by atoms with van der Waals surface area (Å²) >= 11 is 8.72. The third-order valence-corrected chi connectivity index (χ3v) is 2.47. The highest BCUT2D eigenvalue weighted by Crippen LogP contribution is 2.31. The Hall–Kier alpha value is -1.15. The van der Waals surface area contributed by atoms with E-state index in [2.05, 4.69) is 31.0 Å². The van der Waals surface area contributed by atoms with Crippen LogP contribution >= 0.6 is 27.5 Å². The number of aromatic nitrogens is 4. The molecule has 0 fully saturated rings. The average molecular weight is 327 g/mol. The number of pyridine rings is 1. The third kappa shape index (κ3) is 2.58. The Morgan fingerprint density at radius 1 is 1.29 bits per heavy atom. The van der Waals surface area contributed by atoms with Crippen molar-refractivity contribution in [3.63, 3.8) is 0 Å². The first kappa shape index (κ1) is 12.3. The predicted molar refractivity (Wildman–Crippen MR) is 56.9 cm³/mol. The van der Waals surface area contributed by atoms with E-state index in [9.17, 15) is 13.2 Å². The molecule has 0 spiro atoms. The summed E-state index contributed by atoms with van der Waals surface area (Å²) in [5.74, 6) is 0.0814. The molecule has 0 amide bonds. The second-order valence-electron chi connectivity index (χ2n) is 2.99. The fourth-order valence-corrected chi connectivity index (χ4v) is 1.61. The van der Waals surface area contributed by atoms with E-state index in [-0.39, 0.29) is 15.6 Å². The van der Waals surface area contributed by atoms with Gasteiger partial charge in [0.1, 0.15) is 6.33 Å². The Morgan fingerprint density at radius 2 is 2.00 bits per heavy atom. The van der Waals surface area contributed by atoms with Gasteiger partial charge in [-0.15, -0.1) is 5.10 Å². The van der Waals surface area contributed by atoms with E-state index in [0.717, 1.165) is 6.07 Å². The maximum atomic E-state index is 12.4. The molecule has 0 bridgehead atoms. The molecule has 0 saturated heterocycles. The first-order valence-electron chi connectivity index (χ1n) is 4.18. The molecule has 4 nitrogen and oxygen atoms in total. The first-order valence-corrected chi connectivity index (χ1v) is 5.35. The second kappa shape index (κ2) is 4.26. The molecule has 0 saturated carbocycles. The minimum absolute atomic E-state index is 0.0814. The van der Waals surface area contributed by atoms with Crippen LogP contribution in [0.3, 0.4) is 0 Å². The molecule has 2 aromatic rings.